The molecule has 4 heterocycles. The molecule has 0 amide bonds. The maximum absolute atomic E-state index is 15.1. The molecule has 9 aliphatic rings. The topological polar surface area (TPSA) is 354 Å². The Hall–Kier alpha value is -1.33. The van der Waals surface area contributed by atoms with Crippen LogP contribution < -0.4 is 0 Å². The molecule has 0 aromatic rings. The smallest absolute Gasteiger partial charge is 0.314 e. The van der Waals surface area contributed by atoms with E-state index in [4.69, 9.17) is 37.9 Å². The minimum absolute atomic E-state index is 0.0140. The molecule has 29 atom stereocenters. The van der Waals surface area contributed by atoms with E-state index in [-0.39, 0.29) is 58.5 Å². The van der Waals surface area contributed by atoms with Gasteiger partial charge in [-0.05, 0) is 123 Å². The van der Waals surface area contributed by atoms with Crippen LogP contribution in [0, 0.1) is 56.2 Å². The highest BCUT2D eigenvalue weighted by atomic mass is 16.8. The summed E-state index contributed by atoms with van der Waals surface area (Å²) >= 11 is 0. The Labute approximate surface area is 438 Å². The fraction of sp³-hybridized carbons (Fsp3) is 0.981. The summed E-state index contributed by atoms with van der Waals surface area (Å²) in [6, 6.07) is 0. The van der Waals surface area contributed by atoms with Crippen LogP contribution in [0.5, 0.6) is 0 Å². The SMILES string of the molecule is C[C@@H]1OC(O[C@H]2C(O[C@H]3CC[C@@]4(C)C(CC[C@]5(C)C4CCC4C6CC(C)(C)CC[C@]6(C(=O)OC6O[C@H](CO[C@@H]7O[C@H](CO)[C@@H](O)[C@H](O)[C@H]7O)[C@@H](O)[C@H](O)[C@H]6O)CC[C@@]45C)[C@]3(C)CO)OC[C@H](O)[C@@H]2O)[C@H](O)[C@H](O)[C@H]1O. The van der Waals surface area contributed by atoms with Crippen molar-refractivity contribution in [2.45, 2.75) is 242 Å². The number of aliphatic hydroxyl groups is 13. The van der Waals surface area contributed by atoms with E-state index in [2.05, 4.69) is 34.6 Å². The van der Waals surface area contributed by atoms with Gasteiger partial charge in [0.2, 0.25) is 6.29 Å². The molecule has 0 radical (unpaired) electrons. The molecule has 0 spiro atoms. The zero-order chi connectivity index (χ0) is 54.7. The van der Waals surface area contributed by atoms with Crippen molar-refractivity contribution >= 4 is 5.97 Å². The number of aliphatic hydroxyl groups excluding tert-OH is 13. The van der Waals surface area contributed by atoms with Gasteiger partial charge in [-0.2, -0.15) is 0 Å². The van der Waals surface area contributed by atoms with Gasteiger partial charge in [-0.15, -0.1) is 0 Å². The van der Waals surface area contributed by atoms with Crippen molar-refractivity contribution in [2.75, 3.05) is 26.4 Å². The van der Waals surface area contributed by atoms with Crippen molar-refractivity contribution in [3.8, 4) is 0 Å². The lowest BCUT2D eigenvalue weighted by molar-refractivity contribution is -0.366. The second-order valence-corrected chi connectivity index (χ2v) is 26.1. The average molecular weight is 1080 g/mol. The van der Waals surface area contributed by atoms with Crippen LogP contribution in [-0.2, 0) is 42.7 Å². The van der Waals surface area contributed by atoms with Gasteiger partial charge in [0.15, 0.2) is 18.9 Å². The molecule has 4 saturated heterocycles. The molecule has 7 unspecified atom stereocenters. The van der Waals surface area contributed by atoms with Crippen molar-refractivity contribution in [3.63, 3.8) is 0 Å². The fourth-order valence-electron chi connectivity index (χ4n) is 16.9. The first kappa shape index (κ1) is 58.3. The van der Waals surface area contributed by atoms with Gasteiger partial charge in [-0.25, -0.2) is 0 Å². The summed E-state index contributed by atoms with van der Waals surface area (Å²) < 4.78 is 47.7. The van der Waals surface area contributed by atoms with Crippen LogP contribution in [0.25, 0.3) is 0 Å². The van der Waals surface area contributed by atoms with Crippen LogP contribution in [-0.4, -0.2) is 222 Å². The van der Waals surface area contributed by atoms with E-state index in [0.29, 0.717) is 25.7 Å². The molecule has 13 N–H and O–H groups in total. The summed E-state index contributed by atoms with van der Waals surface area (Å²) in [4.78, 5) is 15.1. The Kier molecular flexibility index (Phi) is 16.5. The summed E-state index contributed by atoms with van der Waals surface area (Å²) in [5.74, 6) is -0.341. The molecule has 4 aliphatic heterocycles. The number of hydrogen-bond acceptors (Lipinski definition) is 22. The van der Waals surface area contributed by atoms with Gasteiger partial charge < -0.3 is 104 Å². The molecule has 432 valence electrons. The third-order valence-corrected chi connectivity index (χ3v) is 21.7. The molecule has 0 aromatic heterocycles. The van der Waals surface area contributed by atoms with E-state index < -0.39 is 153 Å². The fourth-order valence-corrected chi connectivity index (χ4v) is 16.9. The summed E-state index contributed by atoms with van der Waals surface area (Å²) in [5, 5.41) is 139. The van der Waals surface area contributed by atoms with Crippen LogP contribution >= 0.6 is 0 Å². The van der Waals surface area contributed by atoms with E-state index in [0.717, 1.165) is 44.9 Å². The standard InChI is InChI=1S/C53H88O22/c1-23-32(57)36(61)40(65)44(70-23)74-42-33(58)26(56)20-68-46(42)73-31-11-12-49(4)29(50(31,5)22-55)10-13-52(7)30(49)9-8-24-25-18-48(2,3)14-16-53(25,17-15-51(24,52)6)47(67)75-45-41(66)38(63)35(60)28(72-45)21-69-43-39(64)37(62)34(59)27(19-54)71-43/h23-46,54-66H,8-22H2,1-7H3/t23-,24?,25?,26-,27+,28+,29?,30?,31-,32-,33-,34+,35+,36+,37-,38-,39+,40+,41+,42+,43+,44?,45?,46?,49-,50-,51-,52+,53-/m0/s1. The highest BCUT2D eigenvalue weighted by Crippen LogP contribution is 2.77. The molecule has 75 heavy (non-hydrogen) atoms. The van der Waals surface area contributed by atoms with E-state index in [1.807, 2.05) is 6.92 Å². The van der Waals surface area contributed by atoms with Crippen LogP contribution in [0.3, 0.4) is 0 Å². The lowest BCUT2D eigenvalue weighted by Gasteiger charge is -2.73. The van der Waals surface area contributed by atoms with Gasteiger partial charge >= 0.3 is 5.97 Å². The predicted octanol–water partition coefficient (Wildman–Crippen LogP) is -1.32. The molecule has 22 heteroatoms. The second kappa shape index (κ2) is 21.2. The Morgan fingerprint density at radius 2 is 1.19 bits per heavy atom. The van der Waals surface area contributed by atoms with Gasteiger partial charge in [0, 0.05) is 5.41 Å². The predicted molar refractivity (Wildman–Crippen MR) is 257 cm³/mol. The molecule has 22 nitrogen and oxygen atoms in total. The van der Waals surface area contributed by atoms with Gasteiger partial charge in [0.05, 0.1) is 44.1 Å². The Bertz CT molecular complexity index is 2000. The zero-order valence-electron chi connectivity index (χ0n) is 44.5. The van der Waals surface area contributed by atoms with E-state index in [1.165, 1.54) is 6.92 Å². The molecule has 0 bridgehead atoms. The Balaban J connectivity index is 0.913. The van der Waals surface area contributed by atoms with Crippen LogP contribution in [0.1, 0.15) is 119 Å². The lowest BCUT2D eigenvalue weighted by atomic mass is 9.31. The van der Waals surface area contributed by atoms with Gasteiger partial charge in [0.25, 0.3) is 0 Å². The third kappa shape index (κ3) is 9.58. The molecule has 9 fully saturated rings. The lowest BCUT2D eigenvalue weighted by Crippen LogP contribution is -2.69. The highest BCUT2D eigenvalue weighted by Gasteiger charge is 2.72. The highest BCUT2D eigenvalue weighted by molar-refractivity contribution is 5.78. The van der Waals surface area contributed by atoms with Gasteiger partial charge in [-0.1, -0.05) is 41.5 Å². The molecule has 5 aliphatic carbocycles. The number of hydrogen-bond donors (Lipinski definition) is 13. The van der Waals surface area contributed by atoms with E-state index in [9.17, 15) is 66.4 Å². The summed E-state index contributed by atoms with van der Waals surface area (Å²) in [7, 11) is 0. The summed E-state index contributed by atoms with van der Waals surface area (Å²) in [6.07, 6.45) is -21.7. The van der Waals surface area contributed by atoms with Crippen molar-refractivity contribution < 1.29 is 109 Å². The first-order valence-electron chi connectivity index (χ1n) is 27.5. The number of ether oxygens (including phenoxy) is 8. The first-order chi connectivity index (χ1) is 35.1. The monoisotopic (exact) mass is 1080 g/mol. The third-order valence-electron chi connectivity index (χ3n) is 21.7. The van der Waals surface area contributed by atoms with E-state index >= 15 is 4.79 Å². The summed E-state index contributed by atoms with van der Waals surface area (Å²) in [5.41, 5.74) is -2.53. The first-order valence-corrected chi connectivity index (χ1v) is 27.5. The molecular formula is C53H88O22. The number of carbonyl (C=O) groups is 1. The zero-order valence-corrected chi connectivity index (χ0v) is 44.5. The second-order valence-electron chi connectivity index (χ2n) is 26.1. The quantitative estimate of drug-likeness (QED) is 0.0843. The maximum atomic E-state index is 15.1. The molecule has 9 rings (SSSR count). The largest absolute Gasteiger partial charge is 0.432 e. The molecule has 0 aromatic carbocycles. The Morgan fingerprint density at radius 3 is 1.87 bits per heavy atom. The number of esters is 1. The minimum Gasteiger partial charge on any atom is -0.432 e. The van der Waals surface area contributed by atoms with Gasteiger partial charge in [-0.3, -0.25) is 4.79 Å². The van der Waals surface area contributed by atoms with Gasteiger partial charge in [0.1, 0.15) is 85.5 Å². The van der Waals surface area contributed by atoms with Crippen molar-refractivity contribution in [1.29, 1.82) is 0 Å². The van der Waals surface area contributed by atoms with Crippen LogP contribution in [0.2, 0.25) is 0 Å². The van der Waals surface area contributed by atoms with Crippen molar-refractivity contribution in [3.05, 3.63) is 0 Å². The van der Waals surface area contributed by atoms with Crippen molar-refractivity contribution in [2.24, 2.45) is 56.2 Å². The maximum Gasteiger partial charge on any atom is 0.314 e. The van der Waals surface area contributed by atoms with E-state index in [1.54, 1.807) is 0 Å². The molecular weight excluding hydrogens is 989 g/mol. The van der Waals surface area contributed by atoms with Crippen molar-refractivity contribution in [1.82, 2.24) is 0 Å². The number of rotatable bonds is 11. The number of carbonyl (C=O) groups excluding carboxylic acids is 1. The normalized spacial score (nSPS) is 55.9. The Morgan fingerprint density at radius 1 is 0.560 bits per heavy atom. The van der Waals surface area contributed by atoms with Crippen LogP contribution in [0.15, 0.2) is 0 Å². The van der Waals surface area contributed by atoms with Crippen LogP contribution in [0.4, 0.5) is 0 Å². The molecule has 5 saturated carbocycles. The number of fused-ring (bicyclic) bond motifs is 7. The summed E-state index contributed by atoms with van der Waals surface area (Å²) in [6.45, 7) is 13.5. The average Bonchev–Trinajstić information content (AvgIpc) is 3.37. The minimum atomic E-state index is -1.82.